The van der Waals surface area contributed by atoms with Crippen LogP contribution < -0.4 is 15.8 Å². The lowest BCUT2D eigenvalue weighted by Crippen LogP contribution is -2.48. The molecule has 0 aliphatic heterocycles. The van der Waals surface area contributed by atoms with Gasteiger partial charge in [-0.3, -0.25) is 4.79 Å². The molecule has 1 amide bonds. The van der Waals surface area contributed by atoms with Gasteiger partial charge in [-0.2, -0.15) is 0 Å². The fourth-order valence-corrected chi connectivity index (χ4v) is 1.82. The van der Waals surface area contributed by atoms with Crippen molar-refractivity contribution in [2.75, 3.05) is 6.54 Å². The first-order valence-corrected chi connectivity index (χ1v) is 6.62. The van der Waals surface area contributed by atoms with E-state index < -0.39 is 11.6 Å². The van der Waals surface area contributed by atoms with Crippen molar-refractivity contribution in [1.29, 1.82) is 0 Å². The number of amides is 1. The van der Waals surface area contributed by atoms with E-state index in [2.05, 4.69) is 5.32 Å². The van der Waals surface area contributed by atoms with Crippen molar-refractivity contribution < 1.29 is 9.53 Å². The Morgan fingerprint density at radius 2 is 1.85 bits per heavy atom. The third-order valence-corrected chi connectivity index (χ3v) is 2.67. The van der Waals surface area contributed by atoms with Crippen LogP contribution in [0.5, 0.6) is 5.75 Å². The lowest BCUT2D eigenvalue weighted by atomic mass is 10.1. The molecule has 0 saturated heterocycles. The van der Waals surface area contributed by atoms with Gasteiger partial charge in [0.2, 0.25) is 0 Å². The van der Waals surface area contributed by atoms with Gasteiger partial charge in [-0.05, 0) is 39.0 Å². The summed E-state index contributed by atoms with van der Waals surface area (Å²) in [5, 5.41) is 3.63. The van der Waals surface area contributed by atoms with Gasteiger partial charge < -0.3 is 15.8 Å². The molecule has 1 unspecified atom stereocenters. The summed E-state index contributed by atoms with van der Waals surface area (Å²) >= 11 is 11.7. The summed E-state index contributed by atoms with van der Waals surface area (Å²) in [6.45, 7) is 5.68. The summed E-state index contributed by atoms with van der Waals surface area (Å²) < 4.78 is 5.48. The Bertz CT molecular complexity index is 441. The molecule has 1 atom stereocenters. The average Bonchev–Trinajstić information content (AvgIpc) is 2.23. The van der Waals surface area contributed by atoms with Crippen molar-refractivity contribution in [3.05, 3.63) is 28.2 Å². The number of carbonyl (C=O) groups is 1. The highest BCUT2D eigenvalue weighted by Crippen LogP contribution is 2.24. The molecular weight excluding hydrogens is 323 g/mol. The number of carbonyl (C=O) groups excluding carboxylic acids is 1. The number of hydrogen-bond acceptors (Lipinski definition) is 3. The smallest absolute Gasteiger partial charge is 0.260 e. The number of halogens is 3. The van der Waals surface area contributed by atoms with Crippen molar-refractivity contribution in [2.45, 2.75) is 32.4 Å². The molecular formula is C13H19Cl3N2O2. The molecule has 0 fully saturated rings. The number of hydrogen-bond donors (Lipinski definition) is 2. The lowest BCUT2D eigenvalue weighted by Gasteiger charge is -2.21. The first kappa shape index (κ1) is 19.3. The summed E-state index contributed by atoms with van der Waals surface area (Å²) in [6.07, 6.45) is -0.656. The van der Waals surface area contributed by atoms with Crippen LogP contribution in [0.1, 0.15) is 20.8 Å². The van der Waals surface area contributed by atoms with E-state index in [1.54, 1.807) is 25.1 Å². The molecule has 1 aromatic carbocycles. The Labute approximate surface area is 135 Å². The average molecular weight is 342 g/mol. The molecule has 4 nitrogen and oxygen atoms in total. The second-order valence-corrected chi connectivity index (χ2v) is 5.94. The molecule has 0 radical (unpaired) electrons. The third kappa shape index (κ3) is 7.20. The van der Waals surface area contributed by atoms with Gasteiger partial charge in [-0.1, -0.05) is 23.2 Å². The molecule has 0 saturated carbocycles. The predicted octanol–water partition coefficient (Wildman–Crippen LogP) is 3.04. The second-order valence-electron chi connectivity index (χ2n) is 5.07. The summed E-state index contributed by atoms with van der Waals surface area (Å²) in [5.74, 6) is 0.210. The maximum Gasteiger partial charge on any atom is 0.260 e. The normalized spacial score (nSPS) is 12.3. The SMILES string of the molecule is CC(Oc1cc(Cl)cc(Cl)c1)C(=O)NCC(C)(C)N.Cl. The molecule has 20 heavy (non-hydrogen) atoms. The van der Waals surface area contributed by atoms with Crippen LogP contribution in [0.3, 0.4) is 0 Å². The largest absolute Gasteiger partial charge is 0.481 e. The summed E-state index contributed by atoms with van der Waals surface area (Å²) in [5.41, 5.74) is 5.32. The fraction of sp³-hybridized carbons (Fsp3) is 0.462. The zero-order chi connectivity index (χ0) is 14.6. The van der Waals surface area contributed by atoms with E-state index in [4.69, 9.17) is 33.7 Å². The predicted molar refractivity (Wildman–Crippen MR) is 85.1 cm³/mol. The molecule has 7 heteroatoms. The van der Waals surface area contributed by atoms with Crippen LogP contribution in [0, 0.1) is 0 Å². The molecule has 3 N–H and O–H groups in total. The molecule has 0 heterocycles. The first-order chi connectivity index (χ1) is 8.67. The Morgan fingerprint density at radius 1 is 1.35 bits per heavy atom. The van der Waals surface area contributed by atoms with E-state index in [1.165, 1.54) is 0 Å². The van der Waals surface area contributed by atoms with Crippen molar-refractivity contribution in [3.63, 3.8) is 0 Å². The monoisotopic (exact) mass is 340 g/mol. The van der Waals surface area contributed by atoms with Gasteiger partial charge in [0.1, 0.15) is 5.75 Å². The van der Waals surface area contributed by atoms with Crippen LogP contribution in [0.4, 0.5) is 0 Å². The van der Waals surface area contributed by atoms with Crippen molar-refractivity contribution in [3.8, 4) is 5.75 Å². The first-order valence-electron chi connectivity index (χ1n) is 5.87. The van der Waals surface area contributed by atoms with Crippen molar-refractivity contribution in [2.24, 2.45) is 5.73 Å². The van der Waals surface area contributed by atoms with Crippen molar-refractivity contribution in [1.82, 2.24) is 5.32 Å². The third-order valence-electron chi connectivity index (χ3n) is 2.24. The summed E-state index contributed by atoms with van der Waals surface area (Å²) in [6, 6.07) is 4.80. The minimum atomic E-state index is -0.656. The Hall–Kier alpha value is -0.680. The van der Waals surface area contributed by atoms with E-state index in [9.17, 15) is 4.79 Å². The van der Waals surface area contributed by atoms with Crippen LogP contribution in [0.2, 0.25) is 10.0 Å². The maximum atomic E-state index is 11.8. The van der Waals surface area contributed by atoms with Gasteiger partial charge in [-0.15, -0.1) is 12.4 Å². The highest BCUT2D eigenvalue weighted by atomic mass is 35.5. The maximum absolute atomic E-state index is 11.8. The van der Waals surface area contributed by atoms with E-state index >= 15 is 0 Å². The van der Waals surface area contributed by atoms with Crippen LogP contribution in [-0.4, -0.2) is 24.1 Å². The number of benzene rings is 1. The molecule has 0 aliphatic carbocycles. The summed E-state index contributed by atoms with van der Waals surface area (Å²) in [4.78, 5) is 11.8. The number of ether oxygens (including phenoxy) is 1. The highest BCUT2D eigenvalue weighted by Gasteiger charge is 2.18. The van der Waals surface area contributed by atoms with E-state index in [0.717, 1.165) is 0 Å². The number of nitrogens with two attached hydrogens (primary N) is 1. The molecule has 0 spiro atoms. The standard InChI is InChI=1S/C13H18Cl2N2O2.ClH/c1-8(12(18)17-7-13(2,3)16)19-11-5-9(14)4-10(15)6-11;/h4-6,8H,7,16H2,1-3H3,(H,17,18);1H. The van der Waals surface area contributed by atoms with E-state index in [-0.39, 0.29) is 18.3 Å². The van der Waals surface area contributed by atoms with E-state index in [1.807, 2.05) is 13.8 Å². The van der Waals surface area contributed by atoms with Gasteiger partial charge in [0.05, 0.1) is 0 Å². The Kier molecular flexibility index (Phi) is 7.66. The molecule has 0 bridgehead atoms. The Morgan fingerprint density at radius 3 is 2.30 bits per heavy atom. The topological polar surface area (TPSA) is 64.3 Å². The Balaban J connectivity index is 0.00000361. The number of nitrogens with one attached hydrogen (secondary N) is 1. The zero-order valence-electron chi connectivity index (χ0n) is 11.6. The molecule has 114 valence electrons. The molecule has 1 rings (SSSR count). The van der Waals surface area contributed by atoms with Gasteiger partial charge in [0.25, 0.3) is 5.91 Å². The summed E-state index contributed by atoms with van der Waals surface area (Å²) in [7, 11) is 0. The second kappa shape index (κ2) is 7.93. The van der Waals surface area contributed by atoms with Crippen molar-refractivity contribution >= 4 is 41.5 Å². The van der Waals surface area contributed by atoms with E-state index in [0.29, 0.717) is 22.3 Å². The van der Waals surface area contributed by atoms with Gasteiger partial charge in [-0.25, -0.2) is 0 Å². The van der Waals surface area contributed by atoms with Crippen LogP contribution in [0.25, 0.3) is 0 Å². The highest BCUT2D eigenvalue weighted by molar-refractivity contribution is 6.34. The molecule has 0 aromatic heterocycles. The van der Waals surface area contributed by atoms with Crippen LogP contribution >= 0.6 is 35.6 Å². The minimum Gasteiger partial charge on any atom is -0.481 e. The van der Waals surface area contributed by atoms with Crippen LogP contribution in [-0.2, 0) is 4.79 Å². The number of rotatable bonds is 5. The quantitative estimate of drug-likeness (QED) is 0.865. The molecule has 0 aliphatic rings. The van der Waals surface area contributed by atoms with Crippen LogP contribution in [0.15, 0.2) is 18.2 Å². The fourth-order valence-electron chi connectivity index (χ4n) is 1.31. The van der Waals surface area contributed by atoms with Gasteiger partial charge >= 0.3 is 0 Å². The molecule has 1 aromatic rings. The minimum absolute atomic E-state index is 0. The van der Waals surface area contributed by atoms with Gasteiger partial charge in [0, 0.05) is 22.1 Å². The zero-order valence-corrected chi connectivity index (χ0v) is 13.9. The lowest BCUT2D eigenvalue weighted by molar-refractivity contribution is -0.127. The van der Waals surface area contributed by atoms with Gasteiger partial charge in [0.15, 0.2) is 6.10 Å².